The number of hydrogen-bond donors (Lipinski definition) is 0. The summed E-state index contributed by atoms with van der Waals surface area (Å²) in [5.74, 6) is 0.0805. The van der Waals surface area contributed by atoms with Gasteiger partial charge in [0.15, 0.2) is 0 Å². The lowest BCUT2D eigenvalue weighted by Crippen LogP contribution is -2.08. The van der Waals surface area contributed by atoms with Crippen molar-refractivity contribution in [3.05, 3.63) is 48.0 Å². The average Bonchev–Trinajstić information content (AvgIpc) is 2.77. The van der Waals surface area contributed by atoms with Crippen LogP contribution in [0.5, 0.6) is 0 Å². The zero-order valence-corrected chi connectivity index (χ0v) is 9.42. The van der Waals surface area contributed by atoms with E-state index in [4.69, 9.17) is 0 Å². The van der Waals surface area contributed by atoms with Crippen LogP contribution < -0.4 is 0 Å². The van der Waals surface area contributed by atoms with E-state index in [0.29, 0.717) is 0 Å². The Bertz CT molecular complexity index is 468. The lowest BCUT2D eigenvalue weighted by Gasteiger charge is -2.08. The molecule has 0 bridgehead atoms. The number of pyridine rings is 1. The van der Waals surface area contributed by atoms with E-state index >= 15 is 0 Å². The van der Waals surface area contributed by atoms with Crippen LogP contribution in [0.4, 0.5) is 8.78 Å². The third-order valence-electron chi connectivity index (χ3n) is 2.64. The lowest BCUT2D eigenvalue weighted by molar-refractivity contribution is 0.121. The molecule has 0 N–H and O–H groups in total. The van der Waals surface area contributed by atoms with Crippen molar-refractivity contribution in [2.45, 2.75) is 25.8 Å². The second-order valence-electron chi connectivity index (χ2n) is 3.86. The minimum atomic E-state index is -2.38. The molecule has 90 valence electrons. The van der Waals surface area contributed by atoms with Crippen LogP contribution in [0.1, 0.15) is 24.1 Å². The number of rotatable bonds is 4. The second-order valence-corrected chi connectivity index (χ2v) is 3.86. The molecule has 5 heteroatoms. The monoisotopic (exact) mass is 237 g/mol. The number of halogens is 2. The van der Waals surface area contributed by atoms with Crippen molar-refractivity contribution in [2.75, 3.05) is 0 Å². The summed E-state index contributed by atoms with van der Waals surface area (Å²) >= 11 is 0. The van der Waals surface area contributed by atoms with Crippen molar-refractivity contribution in [3.63, 3.8) is 0 Å². The van der Waals surface area contributed by atoms with E-state index in [-0.39, 0.29) is 12.5 Å². The Morgan fingerprint density at radius 3 is 2.59 bits per heavy atom. The normalized spacial score (nSPS) is 12.9. The third kappa shape index (κ3) is 2.87. The Labute approximate surface area is 98.1 Å². The summed E-state index contributed by atoms with van der Waals surface area (Å²) in [4.78, 5) is 3.94. The van der Waals surface area contributed by atoms with Gasteiger partial charge in [-0.3, -0.25) is 9.67 Å². The predicted molar refractivity (Wildman–Crippen MR) is 60.0 cm³/mol. The largest absolute Gasteiger partial charge is 0.267 e. The van der Waals surface area contributed by atoms with E-state index in [2.05, 4.69) is 10.1 Å². The fourth-order valence-corrected chi connectivity index (χ4v) is 1.67. The van der Waals surface area contributed by atoms with E-state index in [9.17, 15) is 8.78 Å². The van der Waals surface area contributed by atoms with Crippen molar-refractivity contribution < 1.29 is 8.78 Å². The first-order chi connectivity index (χ1) is 8.16. The Morgan fingerprint density at radius 2 is 1.94 bits per heavy atom. The first-order valence-corrected chi connectivity index (χ1v) is 5.38. The zero-order valence-electron chi connectivity index (χ0n) is 9.42. The smallest absolute Gasteiger partial charge is 0.257 e. The molecule has 1 unspecified atom stereocenters. The van der Waals surface area contributed by atoms with Gasteiger partial charge in [0, 0.05) is 24.5 Å². The van der Waals surface area contributed by atoms with E-state index in [1.54, 1.807) is 24.7 Å². The van der Waals surface area contributed by atoms with E-state index in [0.717, 1.165) is 11.3 Å². The molecule has 2 aromatic heterocycles. The second kappa shape index (κ2) is 5.03. The van der Waals surface area contributed by atoms with Crippen molar-refractivity contribution in [1.82, 2.24) is 14.8 Å². The number of alkyl halides is 2. The maximum Gasteiger partial charge on any atom is 0.257 e. The number of aromatic nitrogens is 3. The minimum absolute atomic E-state index is 0.0805. The maximum absolute atomic E-state index is 12.2. The van der Waals surface area contributed by atoms with E-state index in [1.807, 2.05) is 19.1 Å². The quantitative estimate of drug-likeness (QED) is 0.818. The molecule has 0 aromatic carbocycles. The molecule has 2 heterocycles. The average molecular weight is 237 g/mol. The Kier molecular flexibility index (Phi) is 3.46. The lowest BCUT2D eigenvalue weighted by atomic mass is 9.99. The van der Waals surface area contributed by atoms with Gasteiger partial charge < -0.3 is 0 Å². The van der Waals surface area contributed by atoms with Gasteiger partial charge in [0.05, 0.1) is 5.69 Å². The van der Waals surface area contributed by atoms with Gasteiger partial charge >= 0.3 is 0 Å². The van der Waals surface area contributed by atoms with Crippen LogP contribution >= 0.6 is 0 Å². The summed E-state index contributed by atoms with van der Waals surface area (Å²) < 4.78 is 25.6. The highest BCUT2D eigenvalue weighted by molar-refractivity contribution is 5.24. The molecule has 0 fully saturated rings. The van der Waals surface area contributed by atoms with E-state index in [1.165, 1.54) is 4.68 Å². The molecular formula is C12H13F2N3. The van der Waals surface area contributed by atoms with Gasteiger partial charge in [-0.05, 0) is 23.8 Å². The highest BCUT2D eigenvalue weighted by atomic mass is 19.3. The highest BCUT2D eigenvalue weighted by Gasteiger charge is 2.12. The number of hydrogen-bond acceptors (Lipinski definition) is 2. The number of nitrogens with zero attached hydrogens (tertiary/aromatic N) is 3. The topological polar surface area (TPSA) is 30.7 Å². The maximum atomic E-state index is 12.2. The summed E-state index contributed by atoms with van der Waals surface area (Å²) in [7, 11) is 0. The third-order valence-corrected chi connectivity index (χ3v) is 2.64. The molecule has 0 saturated carbocycles. The van der Waals surface area contributed by atoms with Crippen molar-refractivity contribution >= 4 is 0 Å². The summed E-state index contributed by atoms with van der Waals surface area (Å²) in [6.45, 7) is 1.63. The molecule has 0 saturated heterocycles. The zero-order chi connectivity index (χ0) is 12.3. The SMILES string of the molecule is CC(c1ccncc1)c1ccn(CC(F)F)n1. The standard InChI is InChI=1S/C12H13F2N3/c1-9(10-2-5-15-6-3-10)11-4-7-17(16-11)8-12(13)14/h2-7,9,12H,8H2,1H3. The molecule has 0 aliphatic heterocycles. The molecule has 2 rings (SSSR count). The summed E-state index contributed by atoms with van der Waals surface area (Å²) in [5, 5.41) is 4.14. The Hall–Kier alpha value is -1.78. The molecule has 0 amide bonds. The van der Waals surface area contributed by atoms with Gasteiger partial charge in [0.25, 0.3) is 6.43 Å². The van der Waals surface area contributed by atoms with Crippen LogP contribution in [0.25, 0.3) is 0 Å². The fourth-order valence-electron chi connectivity index (χ4n) is 1.67. The summed E-state index contributed by atoms with van der Waals surface area (Å²) in [5.41, 5.74) is 1.86. The van der Waals surface area contributed by atoms with Crippen LogP contribution in [0.3, 0.4) is 0 Å². The van der Waals surface area contributed by atoms with Gasteiger partial charge in [-0.1, -0.05) is 6.92 Å². The van der Waals surface area contributed by atoms with Crippen molar-refractivity contribution in [3.8, 4) is 0 Å². The van der Waals surface area contributed by atoms with Crippen LogP contribution in [0, 0.1) is 0 Å². The molecule has 2 aromatic rings. The molecule has 0 radical (unpaired) electrons. The van der Waals surface area contributed by atoms with Gasteiger partial charge in [0.1, 0.15) is 6.54 Å². The van der Waals surface area contributed by atoms with Crippen molar-refractivity contribution in [2.24, 2.45) is 0 Å². The first kappa shape index (κ1) is 11.7. The van der Waals surface area contributed by atoms with Gasteiger partial charge in [-0.2, -0.15) is 5.10 Å². The van der Waals surface area contributed by atoms with E-state index < -0.39 is 6.43 Å². The fraction of sp³-hybridized carbons (Fsp3) is 0.333. The Balaban J connectivity index is 2.15. The molecule has 0 aliphatic rings. The van der Waals surface area contributed by atoms with Gasteiger partial charge in [-0.15, -0.1) is 0 Å². The van der Waals surface area contributed by atoms with Crippen LogP contribution in [0.15, 0.2) is 36.8 Å². The Morgan fingerprint density at radius 1 is 1.24 bits per heavy atom. The molecule has 3 nitrogen and oxygen atoms in total. The summed E-state index contributed by atoms with van der Waals surface area (Å²) in [6, 6.07) is 5.57. The molecule has 0 aliphatic carbocycles. The van der Waals surface area contributed by atoms with Gasteiger partial charge in [0.2, 0.25) is 0 Å². The predicted octanol–water partition coefficient (Wildman–Crippen LogP) is 2.70. The highest BCUT2D eigenvalue weighted by Crippen LogP contribution is 2.21. The van der Waals surface area contributed by atoms with Gasteiger partial charge in [-0.25, -0.2) is 8.78 Å². The molecule has 0 spiro atoms. The van der Waals surface area contributed by atoms with Crippen molar-refractivity contribution in [1.29, 1.82) is 0 Å². The molecule has 1 atom stereocenters. The van der Waals surface area contributed by atoms with Crippen LogP contribution in [-0.4, -0.2) is 21.2 Å². The summed E-state index contributed by atoms with van der Waals surface area (Å²) in [6.07, 6.45) is 2.63. The molecule has 17 heavy (non-hydrogen) atoms. The first-order valence-electron chi connectivity index (χ1n) is 5.38. The minimum Gasteiger partial charge on any atom is -0.267 e. The molecular weight excluding hydrogens is 224 g/mol. The van der Waals surface area contributed by atoms with Crippen LogP contribution in [-0.2, 0) is 6.54 Å². The van der Waals surface area contributed by atoms with Crippen LogP contribution in [0.2, 0.25) is 0 Å².